The van der Waals surface area contributed by atoms with E-state index in [1.165, 1.54) is 0 Å². The standard InChI is InChI=1S/C12H18N4/c1-7(2)9(4)16-11-10(15-12(16)13)5-8(3)6-14-11/h5-7,9H,1-4H3,(H2,13,15). The number of rotatable bonds is 2. The molecule has 2 aromatic heterocycles. The summed E-state index contributed by atoms with van der Waals surface area (Å²) < 4.78 is 2.01. The molecule has 2 N–H and O–H groups in total. The Bertz CT molecular complexity index is 513. The number of imidazole rings is 1. The summed E-state index contributed by atoms with van der Waals surface area (Å²) in [7, 11) is 0. The quantitative estimate of drug-likeness (QED) is 0.842. The van der Waals surface area contributed by atoms with E-state index in [-0.39, 0.29) is 0 Å². The highest BCUT2D eigenvalue weighted by Crippen LogP contribution is 2.25. The molecule has 1 unspecified atom stereocenters. The molecular weight excluding hydrogens is 200 g/mol. The fourth-order valence-electron chi connectivity index (χ4n) is 1.80. The Morgan fingerprint density at radius 2 is 2.00 bits per heavy atom. The van der Waals surface area contributed by atoms with Gasteiger partial charge in [-0.05, 0) is 31.4 Å². The molecule has 0 saturated carbocycles. The van der Waals surface area contributed by atoms with Crippen molar-refractivity contribution in [3.05, 3.63) is 17.8 Å². The first-order chi connectivity index (χ1) is 7.50. The lowest BCUT2D eigenvalue weighted by molar-refractivity contribution is 0.419. The SMILES string of the molecule is Cc1cnc2c(c1)nc(N)n2C(C)C(C)C. The van der Waals surface area contributed by atoms with Crippen LogP contribution >= 0.6 is 0 Å². The van der Waals surface area contributed by atoms with Crippen molar-refractivity contribution in [2.45, 2.75) is 33.7 Å². The number of hydrogen-bond acceptors (Lipinski definition) is 3. The number of fused-ring (bicyclic) bond motifs is 1. The Morgan fingerprint density at radius 1 is 1.31 bits per heavy atom. The Kier molecular flexibility index (Phi) is 2.58. The molecule has 0 radical (unpaired) electrons. The summed E-state index contributed by atoms with van der Waals surface area (Å²) in [6.07, 6.45) is 1.85. The molecule has 0 aliphatic rings. The van der Waals surface area contributed by atoms with Crippen LogP contribution in [0.1, 0.15) is 32.4 Å². The summed E-state index contributed by atoms with van der Waals surface area (Å²) in [5.41, 5.74) is 8.82. The van der Waals surface area contributed by atoms with Gasteiger partial charge in [-0.25, -0.2) is 9.97 Å². The molecule has 0 aliphatic carbocycles. The van der Waals surface area contributed by atoms with E-state index in [1.807, 2.05) is 23.8 Å². The van der Waals surface area contributed by atoms with Gasteiger partial charge in [-0.2, -0.15) is 0 Å². The molecule has 0 bridgehead atoms. The lowest BCUT2D eigenvalue weighted by atomic mass is 10.1. The zero-order valence-electron chi connectivity index (χ0n) is 10.2. The Labute approximate surface area is 95.5 Å². The third-order valence-electron chi connectivity index (χ3n) is 3.07. The molecule has 0 amide bonds. The zero-order chi connectivity index (χ0) is 11.9. The molecule has 1 atom stereocenters. The van der Waals surface area contributed by atoms with Crippen molar-refractivity contribution in [2.75, 3.05) is 5.73 Å². The van der Waals surface area contributed by atoms with Gasteiger partial charge in [0.1, 0.15) is 5.52 Å². The fourth-order valence-corrected chi connectivity index (χ4v) is 1.80. The summed E-state index contributed by atoms with van der Waals surface area (Å²) in [5, 5.41) is 0. The molecule has 2 aromatic rings. The van der Waals surface area contributed by atoms with Gasteiger partial charge in [-0.3, -0.25) is 4.57 Å². The minimum atomic E-state index is 0.306. The van der Waals surface area contributed by atoms with Gasteiger partial charge in [0.05, 0.1) is 0 Å². The van der Waals surface area contributed by atoms with Crippen molar-refractivity contribution >= 4 is 17.1 Å². The molecule has 86 valence electrons. The maximum atomic E-state index is 5.95. The number of nitrogens with zero attached hydrogens (tertiary/aromatic N) is 3. The minimum Gasteiger partial charge on any atom is -0.369 e. The Hall–Kier alpha value is -1.58. The van der Waals surface area contributed by atoms with E-state index >= 15 is 0 Å². The van der Waals surface area contributed by atoms with Gasteiger partial charge in [0.25, 0.3) is 0 Å². The van der Waals surface area contributed by atoms with Crippen molar-refractivity contribution in [3.8, 4) is 0 Å². The normalized spacial score (nSPS) is 13.6. The number of nitrogen functional groups attached to an aromatic ring is 1. The van der Waals surface area contributed by atoms with Crippen LogP contribution in [0.4, 0.5) is 5.95 Å². The predicted molar refractivity (Wildman–Crippen MR) is 66.2 cm³/mol. The fraction of sp³-hybridized carbons (Fsp3) is 0.500. The second-order valence-electron chi connectivity index (χ2n) is 4.68. The van der Waals surface area contributed by atoms with E-state index < -0.39 is 0 Å². The first-order valence-corrected chi connectivity index (χ1v) is 5.60. The van der Waals surface area contributed by atoms with Gasteiger partial charge in [-0.15, -0.1) is 0 Å². The van der Waals surface area contributed by atoms with E-state index in [0.29, 0.717) is 17.9 Å². The van der Waals surface area contributed by atoms with Crippen LogP contribution in [0.15, 0.2) is 12.3 Å². The van der Waals surface area contributed by atoms with Crippen LogP contribution in [0.2, 0.25) is 0 Å². The van der Waals surface area contributed by atoms with Gasteiger partial charge < -0.3 is 5.73 Å². The topological polar surface area (TPSA) is 56.7 Å². The molecular formula is C12H18N4. The number of anilines is 1. The Balaban J connectivity index is 2.65. The van der Waals surface area contributed by atoms with E-state index in [4.69, 9.17) is 5.73 Å². The van der Waals surface area contributed by atoms with E-state index in [2.05, 4.69) is 30.7 Å². The molecule has 2 rings (SSSR count). The minimum absolute atomic E-state index is 0.306. The average Bonchev–Trinajstić information content (AvgIpc) is 2.51. The third-order valence-corrected chi connectivity index (χ3v) is 3.07. The summed E-state index contributed by atoms with van der Waals surface area (Å²) in [6.45, 7) is 8.49. The van der Waals surface area contributed by atoms with Crippen LogP contribution in [0, 0.1) is 12.8 Å². The van der Waals surface area contributed by atoms with Crippen LogP contribution in [-0.4, -0.2) is 14.5 Å². The van der Waals surface area contributed by atoms with Crippen molar-refractivity contribution in [1.29, 1.82) is 0 Å². The molecule has 4 heteroatoms. The van der Waals surface area contributed by atoms with Crippen LogP contribution in [0.5, 0.6) is 0 Å². The molecule has 0 fully saturated rings. The third kappa shape index (κ3) is 1.64. The van der Waals surface area contributed by atoms with E-state index in [1.54, 1.807) is 0 Å². The first kappa shape index (κ1) is 10.9. The monoisotopic (exact) mass is 218 g/mol. The lowest BCUT2D eigenvalue weighted by Gasteiger charge is -2.18. The number of aryl methyl sites for hydroxylation is 1. The summed E-state index contributed by atoms with van der Waals surface area (Å²) in [5.74, 6) is 1.05. The molecule has 0 aliphatic heterocycles. The second-order valence-corrected chi connectivity index (χ2v) is 4.68. The van der Waals surface area contributed by atoms with Crippen molar-refractivity contribution in [3.63, 3.8) is 0 Å². The van der Waals surface area contributed by atoms with Crippen LogP contribution in [0.3, 0.4) is 0 Å². The molecule has 16 heavy (non-hydrogen) atoms. The average molecular weight is 218 g/mol. The maximum Gasteiger partial charge on any atom is 0.202 e. The smallest absolute Gasteiger partial charge is 0.202 e. The van der Waals surface area contributed by atoms with Crippen molar-refractivity contribution in [1.82, 2.24) is 14.5 Å². The highest BCUT2D eigenvalue weighted by atomic mass is 15.2. The van der Waals surface area contributed by atoms with Gasteiger partial charge in [0.2, 0.25) is 5.95 Å². The highest BCUT2D eigenvalue weighted by Gasteiger charge is 2.17. The van der Waals surface area contributed by atoms with E-state index in [9.17, 15) is 0 Å². The molecule has 0 spiro atoms. The second kappa shape index (κ2) is 3.77. The molecule has 0 saturated heterocycles. The summed E-state index contributed by atoms with van der Waals surface area (Å²) in [4.78, 5) is 8.78. The number of aromatic nitrogens is 3. The largest absolute Gasteiger partial charge is 0.369 e. The number of hydrogen-bond donors (Lipinski definition) is 1. The van der Waals surface area contributed by atoms with Crippen LogP contribution in [-0.2, 0) is 0 Å². The number of pyridine rings is 1. The van der Waals surface area contributed by atoms with Gasteiger partial charge in [-0.1, -0.05) is 13.8 Å². The summed E-state index contributed by atoms with van der Waals surface area (Å²) >= 11 is 0. The molecule has 2 heterocycles. The van der Waals surface area contributed by atoms with Gasteiger partial charge >= 0.3 is 0 Å². The molecule has 0 aromatic carbocycles. The summed E-state index contributed by atoms with van der Waals surface area (Å²) in [6, 6.07) is 2.32. The van der Waals surface area contributed by atoms with E-state index in [0.717, 1.165) is 16.7 Å². The highest BCUT2D eigenvalue weighted by molar-refractivity contribution is 5.74. The zero-order valence-corrected chi connectivity index (χ0v) is 10.2. The molecule has 4 nitrogen and oxygen atoms in total. The predicted octanol–water partition coefficient (Wildman–Crippen LogP) is 2.54. The van der Waals surface area contributed by atoms with Crippen LogP contribution < -0.4 is 5.73 Å². The first-order valence-electron chi connectivity index (χ1n) is 5.60. The maximum absolute atomic E-state index is 5.95. The van der Waals surface area contributed by atoms with Gasteiger partial charge in [0.15, 0.2) is 5.65 Å². The van der Waals surface area contributed by atoms with Gasteiger partial charge in [0, 0.05) is 12.2 Å². The van der Waals surface area contributed by atoms with Crippen molar-refractivity contribution in [2.24, 2.45) is 5.92 Å². The van der Waals surface area contributed by atoms with Crippen LogP contribution in [0.25, 0.3) is 11.2 Å². The Morgan fingerprint density at radius 3 is 2.62 bits per heavy atom. The lowest BCUT2D eigenvalue weighted by Crippen LogP contribution is -2.14. The van der Waals surface area contributed by atoms with Crippen molar-refractivity contribution < 1.29 is 0 Å². The number of nitrogens with two attached hydrogens (primary N) is 1.